The van der Waals surface area contributed by atoms with Gasteiger partial charge in [-0.25, -0.2) is 0 Å². The molecule has 1 aromatic heterocycles. The van der Waals surface area contributed by atoms with Crippen LogP contribution in [0.15, 0.2) is 16.7 Å². The third-order valence-corrected chi connectivity index (χ3v) is 3.61. The van der Waals surface area contributed by atoms with Crippen molar-refractivity contribution in [3.8, 4) is 0 Å². The molecular formula is C18H33NO2. The van der Waals surface area contributed by atoms with E-state index in [0.717, 1.165) is 18.7 Å². The van der Waals surface area contributed by atoms with E-state index < -0.39 is 0 Å². The molecule has 1 atom stereocenters. The minimum Gasteiger partial charge on any atom is -0.467 e. The van der Waals surface area contributed by atoms with E-state index in [1.807, 2.05) is 6.07 Å². The third kappa shape index (κ3) is 8.27. The van der Waals surface area contributed by atoms with E-state index in [4.69, 9.17) is 9.15 Å². The second-order valence-corrected chi connectivity index (χ2v) is 6.94. The first kappa shape index (κ1) is 18.2. The summed E-state index contributed by atoms with van der Waals surface area (Å²) in [4.78, 5) is 0. The van der Waals surface area contributed by atoms with Crippen LogP contribution in [0, 0.1) is 0 Å². The Morgan fingerprint density at radius 1 is 1.24 bits per heavy atom. The van der Waals surface area contributed by atoms with Crippen LogP contribution in [0.2, 0.25) is 0 Å². The average molecular weight is 295 g/mol. The summed E-state index contributed by atoms with van der Waals surface area (Å²) in [6.07, 6.45) is 8.37. The second kappa shape index (κ2) is 9.26. The summed E-state index contributed by atoms with van der Waals surface area (Å²) in [5.74, 6) is 0.951. The number of furan rings is 1. The lowest BCUT2D eigenvalue weighted by Crippen LogP contribution is -2.35. The van der Waals surface area contributed by atoms with Crippen LogP contribution in [-0.4, -0.2) is 11.6 Å². The Balaban J connectivity index is 2.30. The van der Waals surface area contributed by atoms with Crippen LogP contribution in [0.25, 0.3) is 0 Å². The van der Waals surface area contributed by atoms with Gasteiger partial charge in [-0.05, 0) is 40.2 Å². The quantitative estimate of drug-likeness (QED) is 0.614. The molecule has 0 aromatic carbocycles. The summed E-state index contributed by atoms with van der Waals surface area (Å²) < 4.78 is 11.5. The lowest BCUT2D eigenvalue weighted by molar-refractivity contribution is 0.0354. The Labute approximate surface area is 130 Å². The van der Waals surface area contributed by atoms with Gasteiger partial charge < -0.3 is 14.5 Å². The van der Waals surface area contributed by atoms with Crippen molar-refractivity contribution in [3.05, 3.63) is 23.7 Å². The fourth-order valence-electron chi connectivity index (χ4n) is 2.17. The molecule has 3 nitrogen and oxygen atoms in total. The summed E-state index contributed by atoms with van der Waals surface area (Å²) in [6.45, 7) is 12.3. The van der Waals surface area contributed by atoms with Gasteiger partial charge in [0.25, 0.3) is 0 Å². The first-order valence-corrected chi connectivity index (χ1v) is 8.34. The molecule has 0 saturated heterocycles. The van der Waals surface area contributed by atoms with Crippen LogP contribution in [-0.2, 0) is 17.9 Å². The van der Waals surface area contributed by atoms with Gasteiger partial charge in [-0.15, -0.1) is 0 Å². The second-order valence-electron chi connectivity index (χ2n) is 6.94. The van der Waals surface area contributed by atoms with Crippen LogP contribution in [0.3, 0.4) is 0 Å². The van der Waals surface area contributed by atoms with E-state index in [0.29, 0.717) is 12.7 Å². The fraction of sp³-hybridized carbons (Fsp3) is 0.778. The molecule has 1 rings (SSSR count). The molecule has 1 heterocycles. The van der Waals surface area contributed by atoms with Gasteiger partial charge in [-0.1, -0.05) is 32.6 Å². The molecule has 0 saturated carbocycles. The predicted molar refractivity (Wildman–Crippen MR) is 88.3 cm³/mol. The van der Waals surface area contributed by atoms with E-state index in [1.165, 1.54) is 31.2 Å². The van der Waals surface area contributed by atoms with Crippen molar-refractivity contribution in [1.29, 1.82) is 0 Å². The zero-order chi connectivity index (χ0) is 15.7. The normalized spacial score (nSPS) is 13.6. The van der Waals surface area contributed by atoms with E-state index >= 15 is 0 Å². The first-order valence-electron chi connectivity index (χ1n) is 8.34. The summed E-state index contributed by atoms with van der Waals surface area (Å²) >= 11 is 0. The van der Waals surface area contributed by atoms with Gasteiger partial charge in [0.15, 0.2) is 0 Å². The molecule has 0 radical (unpaired) electrons. The molecule has 122 valence electrons. The van der Waals surface area contributed by atoms with Crippen molar-refractivity contribution in [2.45, 2.75) is 91.5 Å². The summed E-state index contributed by atoms with van der Waals surface area (Å²) in [6, 6.07) is 2.03. The molecule has 0 bridgehead atoms. The third-order valence-electron chi connectivity index (χ3n) is 3.61. The van der Waals surface area contributed by atoms with Crippen molar-refractivity contribution in [2.24, 2.45) is 0 Å². The van der Waals surface area contributed by atoms with E-state index in [1.54, 1.807) is 6.26 Å². The van der Waals surface area contributed by atoms with E-state index in [2.05, 4.69) is 39.9 Å². The number of ether oxygens (including phenoxy) is 1. The van der Waals surface area contributed by atoms with Gasteiger partial charge in [0.2, 0.25) is 0 Å². The summed E-state index contributed by atoms with van der Waals surface area (Å²) in [5.41, 5.74) is 1.31. The fourth-order valence-corrected chi connectivity index (χ4v) is 2.17. The molecule has 0 fully saturated rings. The van der Waals surface area contributed by atoms with Crippen LogP contribution in [0.1, 0.15) is 78.0 Å². The van der Waals surface area contributed by atoms with Crippen molar-refractivity contribution in [3.63, 3.8) is 0 Å². The lowest BCUT2D eigenvalue weighted by Gasteiger charge is -2.20. The number of hydrogen-bond acceptors (Lipinski definition) is 3. The van der Waals surface area contributed by atoms with Crippen LogP contribution < -0.4 is 5.32 Å². The maximum absolute atomic E-state index is 5.92. The Morgan fingerprint density at radius 3 is 2.67 bits per heavy atom. The summed E-state index contributed by atoms with van der Waals surface area (Å²) in [5, 5.41) is 3.49. The molecule has 1 unspecified atom stereocenters. The first-order chi connectivity index (χ1) is 9.92. The van der Waals surface area contributed by atoms with E-state index in [9.17, 15) is 0 Å². The van der Waals surface area contributed by atoms with Crippen molar-refractivity contribution >= 4 is 0 Å². The van der Waals surface area contributed by atoms with Crippen molar-refractivity contribution in [2.75, 3.05) is 0 Å². The zero-order valence-electron chi connectivity index (χ0n) is 14.5. The largest absolute Gasteiger partial charge is 0.467 e. The van der Waals surface area contributed by atoms with Crippen molar-refractivity contribution < 1.29 is 9.15 Å². The van der Waals surface area contributed by atoms with Gasteiger partial charge in [-0.3, -0.25) is 0 Å². The van der Waals surface area contributed by atoms with Crippen LogP contribution in [0.4, 0.5) is 0 Å². The minimum absolute atomic E-state index is 0.113. The number of unbranched alkanes of at least 4 members (excludes halogenated alkanes) is 3. The highest BCUT2D eigenvalue weighted by atomic mass is 16.5. The Bertz CT molecular complexity index is 379. The molecule has 3 heteroatoms. The van der Waals surface area contributed by atoms with E-state index in [-0.39, 0.29) is 5.54 Å². The highest BCUT2D eigenvalue weighted by molar-refractivity contribution is 5.16. The number of nitrogens with one attached hydrogen (secondary N) is 1. The molecule has 21 heavy (non-hydrogen) atoms. The summed E-state index contributed by atoms with van der Waals surface area (Å²) in [7, 11) is 0. The molecular weight excluding hydrogens is 262 g/mol. The number of rotatable bonds is 10. The van der Waals surface area contributed by atoms with Gasteiger partial charge in [0.05, 0.1) is 12.4 Å². The lowest BCUT2D eigenvalue weighted by atomic mass is 10.1. The standard InChI is InChI=1S/C18H33NO2/c1-6-7-8-9-10-15(2)21-14-17-16(11-12-20-17)13-19-18(3,4)5/h11-12,15,19H,6-10,13-14H2,1-5H3. The topological polar surface area (TPSA) is 34.4 Å². The Hall–Kier alpha value is -0.800. The maximum Gasteiger partial charge on any atom is 0.133 e. The van der Waals surface area contributed by atoms with Gasteiger partial charge >= 0.3 is 0 Å². The molecule has 0 aliphatic rings. The molecule has 1 N–H and O–H groups in total. The Morgan fingerprint density at radius 2 is 2.00 bits per heavy atom. The SMILES string of the molecule is CCCCCCC(C)OCc1occc1CNC(C)(C)C. The molecule has 0 aliphatic carbocycles. The highest BCUT2D eigenvalue weighted by Crippen LogP contribution is 2.16. The average Bonchev–Trinajstić information content (AvgIpc) is 2.86. The van der Waals surface area contributed by atoms with Crippen molar-refractivity contribution in [1.82, 2.24) is 5.32 Å². The Kier molecular flexibility index (Phi) is 8.05. The molecule has 0 spiro atoms. The van der Waals surface area contributed by atoms with Gasteiger partial charge in [0.1, 0.15) is 12.4 Å². The van der Waals surface area contributed by atoms with Crippen LogP contribution >= 0.6 is 0 Å². The molecule has 0 amide bonds. The number of hydrogen-bond donors (Lipinski definition) is 1. The predicted octanol–water partition coefficient (Wildman–Crippen LogP) is 5.04. The smallest absolute Gasteiger partial charge is 0.133 e. The van der Waals surface area contributed by atoms with Gasteiger partial charge in [0, 0.05) is 17.6 Å². The molecule has 0 aliphatic heterocycles. The highest BCUT2D eigenvalue weighted by Gasteiger charge is 2.13. The zero-order valence-corrected chi connectivity index (χ0v) is 14.5. The minimum atomic E-state index is 0.113. The van der Waals surface area contributed by atoms with Crippen LogP contribution in [0.5, 0.6) is 0 Å². The monoisotopic (exact) mass is 295 g/mol. The van der Waals surface area contributed by atoms with Gasteiger partial charge in [-0.2, -0.15) is 0 Å². The maximum atomic E-state index is 5.92. The molecule has 1 aromatic rings.